The second kappa shape index (κ2) is 8.35. The van der Waals surface area contributed by atoms with Crippen LogP contribution in [-0.2, 0) is 6.54 Å². The van der Waals surface area contributed by atoms with E-state index in [-0.39, 0.29) is 5.91 Å². The lowest BCUT2D eigenvalue weighted by Gasteiger charge is -2.28. The molecule has 26 heavy (non-hydrogen) atoms. The van der Waals surface area contributed by atoms with Gasteiger partial charge in [0.25, 0.3) is 5.91 Å². The van der Waals surface area contributed by atoms with E-state index in [2.05, 4.69) is 26.9 Å². The molecule has 0 spiro atoms. The Labute approximate surface area is 152 Å². The summed E-state index contributed by atoms with van der Waals surface area (Å²) in [5.41, 5.74) is 0.291. The summed E-state index contributed by atoms with van der Waals surface area (Å²) in [7, 11) is 0. The van der Waals surface area contributed by atoms with Crippen molar-refractivity contribution < 1.29 is 13.7 Å². The van der Waals surface area contributed by atoms with Crippen molar-refractivity contribution >= 4 is 5.91 Å². The number of likely N-dealkylation sites (tertiary alicyclic amines) is 1. The maximum absolute atomic E-state index is 13.0. The summed E-state index contributed by atoms with van der Waals surface area (Å²) in [6, 6.07) is 3.07. The first kappa shape index (κ1) is 18.4. The zero-order valence-electron chi connectivity index (χ0n) is 15.2. The van der Waals surface area contributed by atoms with Crippen LogP contribution in [0.1, 0.15) is 48.4 Å². The highest BCUT2D eigenvalue weighted by molar-refractivity contribution is 5.92. The fraction of sp³-hybridized carbons (Fsp3) is 0.556. The molecule has 0 bridgehead atoms. The van der Waals surface area contributed by atoms with Gasteiger partial charge in [0.2, 0.25) is 5.89 Å². The normalized spacial score (nSPS) is 18.2. The van der Waals surface area contributed by atoms with Crippen LogP contribution in [0.3, 0.4) is 0 Å². The number of hydrogen-bond acceptors (Lipinski definition) is 6. The molecule has 3 heterocycles. The van der Waals surface area contributed by atoms with Crippen LogP contribution >= 0.6 is 0 Å². The van der Waals surface area contributed by atoms with Crippen molar-refractivity contribution in [3.8, 4) is 0 Å². The van der Waals surface area contributed by atoms with Gasteiger partial charge in [0.1, 0.15) is 11.5 Å². The molecule has 0 unspecified atom stereocenters. The van der Waals surface area contributed by atoms with Crippen LogP contribution in [0.15, 0.2) is 22.9 Å². The molecule has 8 heteroatoms. The number of carbonyl (C=O) groups is 1. The van der Waals surface area contributed by atoms with Crippen LogP contribution < -0.4 is 0 Å². The van der Waals surface area contributed by atoms with Crippen molar-refractivity contribution in [3.63, 3.8) is 0 Å². The Bertz CT molecular complexity index is 733. The smallest absolute Gasteiger partial charge is 0.272 e. The number of rotatable bonds is 5. The SMILES string of the molecule is CCN(Cc1noc(C)n1)[C@@H]1CCCN(C(=O)c2ccc(F)cn2)CC1. The Morgan fingerprint density at radius 1 is 1.38 bits per heavy atom. The highest BCUT2D eigenvalue weighted by Crippen LogP contribution is 2.19. The van der Waals surface area contributed by atoms with E-state index in [9.17, 15) is 9.18 Å². The molecule has 0 N–H and O–H groups in total. The molecule has 2 aromatic rings. The number of nitrogens with zero attached hydrogens (tertiary/aromatic N) is 5. The van der Waals surface area contributed by atoms with E-state index in [4.69, 9.17) is 4.52 Å². The first-order chi connectivity index (χ1) is 12.6. The number of aryl methyl sites for hydroxylation is 1. The Balaban J connectivity index is 1.61. The minimum atomic E-state index is -0.437. The van der Waals surface area contributed by atoms with Gasteiger partial charge in [0.05, 0.1) is 12.7 Å². The summed E-state index contributed by atoms with van der Waals surface area (Å²) in [5, 5.41) is 3.98. The Hall–Kier alpha value is -2.35. The number of carbonyl (C=O) groups excluding carboxylic acids is 1. The molecule has 3 rings (SSSR count). The van der Waals surface area contributed by atoms with E-state index in [1.54, 1.807) is 6.92 Å². The maximum Gasteiger partial charge on any atom is 0.272 e. The Kier molecular flexibility index (Phi) is 5.92. The average molecular weight is 361 g/mol. The van der Waals surface area contributed by atoms with Crippen LogP contribution in [0, 0.1) is 12.7 Å². The van der Waals surface area contributed by atoms with Gasteiger partial charge in [-0.25, -0.2) is 9.37 Å². The number of amides is 1. The predicted molar refractivity (Wildman–Crippen MR) is 92.9 cm³/mol. The van der Waals surface area contributed by atoms with Crippen molar-refractivity contribution in [1.29, 1.82) is 0 Å². The molecule has 1 aliphatic heterocycles. The van der Waals surface area contributed by atoms with E-state index in [1.165, 1.54) is 12.1 Å². The molecule has 1 aliphatic rings. The quantitative estimate of drug-likeness (QED) is 0.814. The standard InChI is InChI=1S/C18H24FN5O2/c1-3-23(12-17-21-13(2)26-22-17)15-5-4-9-24(10-8-15)18(25)16-7-6-14(19)11-20-16/h6-7,11,15H,3-5,8-10,12H2,1-2H3/t15-/m1/s1. The van der Waals surface area contributed by atoms with Gasteiger partial charge >= 0.3 is 0 Å². The minimum Gasteiger partial charge on any atom is -0.340 e. The number of aromatic nitrogens is 3. The fourth-order valence-corrected chi connectivity index (χ4v) is 3.40. The minimum absolute atomic E-state index is 0.137. The molecule has 1 fully saturated rings. The second-order valence-corrected chi connectivity index (χ2v) is 6.53. The molecule has 1 atom stereocenters. The van der Waals surface area contributed by atoms with Crippen LogP contribution in [0.5, 0.6) is 0 Å². The van der Waals surface area contributed by atoms with Gasteiger partial charge in [0, 0.05) is 26.1 Å². The lowest BCUT2D eigenvalue weighted by molar-refractivity contribution is 0.0750. The topological polar surface area (TPSA) is 75.4 Å². The number of hydrogen-bond donors (Lipinski definition) is 0. The fourth-order valence-electron chi connectivity index (χ4n) is 3.40. The third kappa shape index (κ3) is 4.43. The van der Waals surface area contributed by atoms with Gasteiger partial charge in [-0.05, 0) is 37.9 Å². The lowest BCUT2D eigenvalue weighted by atomic mass is 10.1. The van der Waals surface area contributed by atoms with Crippen molar-refractivity contribution in [3.05, 3.63) is 41.6 Å². The summed E-state index contributed by atoms with van der Waals surface area (Å²) in [6.45, 7) is 6.77. The van der Waals surface area contributed by atoms with E-state index in [1.807, 2.05) is 4.90 Å². The molecule has 0 saturated carbocycles. The highest BCUT2D eigenvalue weighted by atomic mass is 19.1. The summed E-state index contributed by atoms with van der Waals surface area (Å²) in [6.07, 6.45) is 3.88. The molecule has 1 amide bonds. The van der Waals surface area contributed by atoms with Crippen LogP contribution in [0.2, 0.25) is 0 Å². The maximum atomic E-state index is 13.0. The summed E-state index contributed by atoms with van der Waals surface area (Å²) in [5.74, 6) is 0.688. The van der Waals surface area contributed by atoms with Crippen LogP contribution in [0.25, 0.3) is 0 Å². The van der Waals surface area contributed by atoms with Gasteiger partial charge in [-0.3, -0.25) is 9.69 Å². The van der Waals surface area contributed by atoms with E-state index >= 15 is 0 Å². The molecule has 0 aromatic carbocycles. The highest BCUT2D eigenvalue weighted by Gasteiger charge is 2.26. The zero-order chi connectivity index (χ0) is 18.5. The summed E-state index contributed by atoms with van der Waals surface area (Å²) >= 11 is 0. The van der Waals surface area contributed by atoms with Gasteiger partial charge in [-0.1, -0.05) is 12.1 Å². The molecular formula is C18H24FN5O2. The van der Waals surface area contributed by atoms with Crippen molar-refractivity contribution in [2.45, 2.75) is 45.7 Å². The van der Waals surface area contributed by atoms with Gasteiger partial charge in [-0.15, -0.1) is 0 Å². The zero-order valence-corrected chi connectivity index (χ0v) is 15.2. The Morgan fingerprint density at radius 2 is 2.23 bits per heavy atom. The third-order valence-electron chi connectivity index (χ3n) is 4.77. The van der Waals surface area contributed by atoms with Crippen molar-refractivity contribution in [1.82, 2.24) is 24.9 Å². The molecule has 1 saturated heterocycles. The first-order valence-corrected chi connectivity index (χ1v) is 9.01. The van der Waals surface area contributed by atoms with Gasteiger partial charge in [0.15, 0.2) is 5.82 Å². The van der Waals surface area contributed by atoms with E-state index in [0.717, 1.165) is 32.0 Å². The molecule has 7 nitrogen and oxygen atoms in total. The summed E-state index contributed by atoms with van der Waals surface area (Å²) < 4.78 is 18.1. The van der Waals surface area contributed by atoms with Crippen molar-refractivity contribution in [2.75, 3.05) is 19.6 Å². The monoisotopic (exact) mass is 361 g/mol. The molecular weight excluding hydrogens is 337 g/mol. The molecule has 0 aliphatic carbocycles. The Morgan fingerprint density at radius 3 is 2.88 bits per heavy atom. The van der Waals surface area contributed by atoms with Crippen LogP contribution in [-0.4, -0.2) is 56.5 Å². The van der Waals surface area contributed by atoms with Gasteiger partial charge in [-0.2, -0.15) is 4.98 Å². The lowest BCUT2D eigenvalue weighted by Crippen LogP contribution is -2.37. The van der Waals surface area contributed by atoms with E-state index < -0.39 is 5.82 Å². The van der Waals surface area contributed by atoms with E-state index in [0.29, 0.717) is 43.1 Å². The third-order valence-corrected chi connectivity index (χ3v) is 4.77. The second-order valence-electron chi connectivity index (χ2n) is 6.53. The van der Waals surface area contributed by atoms with Gasteiger partial charge < -0.3 is 9.42 Å². The largest absolute Gasteiger partial charge is 0.340 e. The first-order valence-electron chi connectivity index (χ1n) is 9.01. The molecule has 0 radical (unpaired) electrons. The number of halogens is 1. The predicted octanol–water partition coefficient (Wildman–Crippen LogP) is 2.43. The van der Waals surface area contributed by atoms with Crippen LogP contribution in [0.4, 0.5) is 4.39 Å². The average Bonchev–Trinajstić information content (AvgIpc) is 2.91. The van der Waals surface area contributed by atoms with Crippen molar-refractivity contribution in [2.24, 2.45) is 0 Å². The number of pyridine rings is 1. The molecule has 2 aromatic heterocycles. The summed E-state index contributed by atoms with van der Waals surface area (Å²) in [4.78, 5) is 24.9. The molecule has 140 valence electrons.